The monoisotopic (exact) mass is 337 g/mol. The number of pyridine rings is 2. The molecule has 0 spiro atoms. The van der Waals surface area contributed by atoms with Crippen LogP contribution in [0.4, 0.5) is 16.3 Å². The molecule has 4 rings (SSSR count). The van der Waals surface area contributed by atoms with E-state index in [0.717, 1.165) is 24.5 Å². The fraction of sp³-hybridized carbons (Fsp3) is 0.294. The van der Waals surface area contributed by atoms with Crippen LogP contribution in [0.2, 0.25) is 0 Å². The Morgan fingerprint density at radius 1 is 1.12 bits per heavy atom. The number of amides is 2. The van der Waals surface area contributed by atoms with Crippen LogP contribution >= 0.6 is 0 Å². The third-order valence-electron chi connectivity index (χ3n) is 4.43. The zero-order valence-corrected chi connectivity index (χ0v) is 14.0. The van der Waals surface area contributed by atoms with Crippen molar-refractivity contribution in [1.82, 2.24) is 24.5 Å². The summed E-state index contributed by atoms with van der Waals surface area (Å²) in [6, 6.07) is 7.67. The highest BCUT2D eigenvalue weighted by Crippen LogP contribution is 2.20. The molecule has 3 aromatic heterocycles. The molecule has 0 aromatic carbocycles. The van der Waals surface area contributed by atoms with Crippen LogP contribution in [0.15, 0.2) is 43.0 Å². The van der Waals surface area contributed by atoms with E-state index in [1.807, 2.05) is 42.3 Å². The second-order valence-electron chi connectivity index (χ2n) is 5.99. The van der Waals surface area contributed by atoms with E-state index >= 15 is 0 Å². The van der Waals surface area contributed by atoms with Gasteiger partial charge in [0.1, 0.15) is 12.1 Å². The summed E-state index contributed by atoms with van der Waals surface area (Å²) in [5.41, 5.74) is 2.32. The molecule has 0 radical (unpaired) electrons. The molecule has 8 heteroatoms. The Kier molecular flexibility index (Phi) is 3.93. The van der Waals surface area contributed by atoms with E-state index in [0.29, 0.717) is 24.4 Å². The van der Waals surface area contributed by atoms with Crippen molar-refractivity contribution in [2.24, 2.45) is 0 Å². The topological polar surface area (TPSA) is 78.7 Å². The first-order valence-corrected chi connectivity index (χ1v) is 8.23. The molecule has 1 saturated heterocycles. The quantitative estimate of drug-likeness (QED) is 0.771. The Bertz CT molecular complexity index is 884. The molecule has 25 heavy (non-hydrogen) atoms. The normalized spacial score (nSPS) is 14.8. The van der Waals surface area contributed by atoms with E-state index in [-0.39, 0.29) is 6.03 Å². The van der Waals surface area contributed by atoms with Gasteiger partial charge in [0.2, 0.25) is 0 Å². The molecule has 0 saturated carbocycles. The minimum absolute atomic E-state index is 0.111. The number of nitrogens with zero attached hydrogens (tertiary/aromatic N) is 6. The lowest BCUT2D eigenvalue weighted by molar-refractivity contribution is 0.208. The van der Waals surface area contributed by atoms with Crippen molar-refractivity contribution in [2.75, 3.05) is 36.4 Å². The van der Waals surface area contributed by atoms with Crippen LogP contribution in [0, 0.1) is 6.92 Å². The molecule has 4 heterocycles. The van der Waals surface area contributed by atoms with E-state index in [4.69, 9.17) is 0 Å². The first kappa shape index (κ1) is 15.4. The lowest BCUT2D eigenvalue weighted by Gasteiger charge is -2.35. The molecule has 2 amide bonds. The first-order chi connectivity index (χ1) is 12.2. The number of piperazine rings is 1. The smallest absolute Gasteiger partial charge is 0.322 e. The number of fused-ring (bicyclic) bond motifs is 1. The number of aryl methyl sites for hydroxylation is 1. The Morgan fingerprint density at radius 2 is 1.96 bits per heavy atom. The van der Waals surface area contributed by atoms with Crippen molar-refractivity contribution in [3.63, 3.8) is 0 Å². The number of rotatable bonds is 2. The third-order valence-corrected chi connectivity index (χ3v) is 4.43. The van der Waals surface area contributed by atoms with E-state index in [1.165, 1.54) is 6.33 Å². The summed E-state index contributed by atoms with van der Waals surface area (Å²) in [6.07, 6.45) is 5.10. The van der Waals surface area contributed by atoms with Crippen molar-refractivity contribution in [1.29, 1.82) is 0 Å². The molecular weight excluding hydrogens is 318 g/mol. The molecule has 0 atom stereocenters. The Labute approximate surface area is 145 Å². The second-order valence-corrected chi connectivity index (χ2v) is 5.99. The van der Waals surface area contributed by atoms with Crippen molar-refractivity contribution in [3.8, 4) is 0 Å². The lowest BCUT2D eigenvalue weighted by atomic mass is 10.2. The molecule has 128 valence electrons. The van der Waals surface area contributed by atoms with Crippen molar-refractivity contribution >= 4 is 23.2 Å². The molecule has 0 aliphatic carbocycles. The summed E-state index contributed by atoms with van der Waals surface area (Å²) < 4.78 is 1.65. The van der Waals surface area contributed by atoms with Gasteiger partial charge in [0.15, 0.2) is 5.65 Å². The summed E-state index contributed by atoms with van der Waals surface area (Å²) in [5, 5.41) is 7.10. The Balaban J connectivity index is 1.44. The molecule has 1 fully saturated rings. The highest BCUT2D eigenvalue weighted by atomic mass is 16.2. The number of anilines is 2. The lowest BCUT2D eigenvalue weighted by Crippen LogP contribution is -2.50. The van der Waals surface area contributed by atoms with Gasteiger partial charge in [-0.2, -0.15) is 5.10 Å². The minimum atomic E-state index is -0.111. The van der Waals surface area contributed by atoms with Crippen molar-refractivity contribution in [2.45, 2.75) is 6.92 Å². The summed E-state index contributed by atoms with van der Waals surface area (Å²) in [6.45, 7) is 4.77. The predicted octanol–water partition coefficient (Wildman–Crippen LogP) is 1.79. The van der Waals surface area contributed by atoms with E-state index in [2.05, 4.69) is 25.3 Å². The molecule has 1 N–H and O–H groups in total. The number of aromatic nitrogens is 4. The maximum absolute atomic E-state index is 12.7. The van der Waals surface area contributed by atoms with Gasteiger partial charge in [0, 0.05) is 38.6 Å². The number of nitrogens with one attached hydrogen (secondary N) is 1. The number of carbonyl (C=O) groups excluding carboxylic acids is 1. The first-order valence-electron chi connectivity index (χ1n) is 8.23. The molecule has 1 aliphatic rings. The molecule has 8 nitrogen and oxygen atoms in total. The molecule has 1 aliphatic heterocycles. The molecular formula is C17H19N7O. The second kappa shape index (κ2) is 6.39. The van der Waals surface area contributed by atoms with Gasteiger partial charge in [-0.25, -0.2) is 19.3 Å². The largest absolute Gasteiger partial charge is 0.353 e. The van der Waals surface area contributed by atoms with Gasteiger partial charge in [0.25, 0.3) is 0 Å². The van der Waals surface area contributed by atoms with Crippen LogP contribution in [-0.2, 0) is 0 Å². The highest BCUT2D eigenvalue weighted by molar-refractivity contribution is 5.94. The maximum atomic E-state index is 12.7. The fourth-order valence-electron chi connectivity index (χ4n) is 3.00. The maximum Gasteiger partial charge on any atom is 0.322 e. The standard InChI is InChI=1S/C17H19N7O/c1-13-5-7-24-16(19-12-20-24)15(13)21-17(25)23-10-8-22(9-11-23)14-4-2-3-6-18-14/h2-7,12H,8-11H2,1H3,(H,21,25). The number of hydrogen-bond acceptors (Lipinski definition) is 5. The molecule has 0 unspecified atom stereocenters. The van der Waals surface area contributed by atoms with Crippen molar-refractivity contribution in [3.05, 3.63) is 48.5 Å². The number of hydrogen-bond donors (Lipinski definition) is 1. The van der Waals surface area contributed by atoms with E-state index in [1.54, 1.807) is 10.7 Å². The average molecular weight is 337 g/mol. The molecule has 3 aromatic rings. The van der Waals surface area contributed by atoms with Crippen LogP contribution < -0.4 is 10.2 Å². The van der Waals surface area contributed by atoms with Gasteiger partial charge in [-0.05, 0) is 30.7 Å². The minimum Gasteiger partial charge on any atom is -0.353 e. The van der Waals surface area contributed by atoms with Crippen LogP contribution in [-0.4, -0.2) is 56.7 Å². The average Bonchev–Trinajstić information content (AvgIpc) is 3.14. The third kappa shape index (κ3) is 2.98. The number of urea groups is 1. The van der Waals surface area contributed by atoms with Gasteiger partial charge in [-0.3, -0.25) is 0 Å². The van der Waals surface area contributed by atoms with Gasteiger partial charge in [0.05, 0.1) is 5.69 Å². The number of carbonyl (C=O) groups is 1. The highest BCUT2D eigenvalue weighted by Gasteiger charge is 2.23. The van der Waals surface area contributed by atoms with Crippen LogP contribution in [0.25, 0.3) is 5.65 Å². The zero-order chi connectivity index (χ0) is 17.2. The van der Waals surface area contributed by atoms with Crippen LogP contribution in [0.3, 0.4) is 0 Å². The van der Waals surface area contributed by atoms with E-state index in [9.17, 15) is 4.79 Å². The summed E-state index contributed by atoms with van der Waals surface area (Å²) in [5.74, 6) is 0.951. The van der Waals surface area contributed by atoms with Gasteiger partial charge >= 0.3 is 6.03 Å². The van der Waals surface area contributed by atoms with Crippen molar-refractivity contribution < 1.29 is 4.79 Å². The fourth-order valence-corrected chi connectivity index (χ4v) is 3.00. The SMILES string of the molecule is Cc1ccn2ncnc2c1NC(=O)N1CCN(c2ccccn2)CC1. The van der Waals surface area contributed by atoms with Crippen LogP contribution in [0.1, 0.15) is 5.56 Å². The summed E-state index contributed by atoms with van der Waals surface area (Å²) in [4.78, 5) is 25.3. The predicted molar refractivity (Wildman–Crippen MR) is 94.8 cm³/mol. The summed E-state index contributed by atoms with van der Waals surface area (Å²) in [7, 11) is 0. The zero-order valence-electron chi connectivity index (χ0n) is 14.0. The van der Waals surface area contributed by atoms with Gasteiger partial charge in [-0.15, -0.1) is 0 Å². The molecule has 0 bridgehead atoms. The summed E-state index contributed by atoms with van der Waals surface area (Å²) >= 11 is 0. The van der Waals surface area contributed by atoms with Crippen LogP contribution in [0.5, 0.6) is 0 Å². The van der Waals surface area contributed by atoms with Gasteiger partial charge in [-0.1, -0.05) is 6.07 Å². The van der Waals surface area contributed by atoms with Gasteiger partial charge < -0.3 is 15.1 Å². The Morgan fingerprint density at radius 3 is 2.72 bits per heavy atom. The Hall–Kier alpha value is -3.16. The van der Waals surface area contributed by atoms with E-state index < -0.39 is 0 Å².